The first kappa shape index (κ1) is 11.7. The summed E-state index contributed by atoms with van der Waals surface area (Å²) < 4.78 is 0. The highest BCUT2D eigenvalue weighted by Crippen LogP contribution is 2.25. The van der Waals surface area contributed by atoms with Gasteiger partial charge in [0.2, 0.25) is 5.91 Å². The lowest BCUT2D eigenvalue weighted by atomic mass is 10.1. The molecule has 0 atom stereocenters. The molecule has 2 heterocycles. The van der Waals surface area contributed by atoms with Crippen LogP contribution in [0.1, 0.15) is 18.3 Å². The SMILES string of the molecule is CC(=O)Nc1nc(-c2cc(C)nc(C)c2)cs1. The fourth-order valence-electron chi connectivity index (χ4n) is 1.60. The van der Waals surface area contributed by atoms with Gasteiger partial charge in [0.1, 0.15) is 0 Å². The molecule has 0 saturated heterocycles. The number of pyridine rings is 1. The minimum absolute atomic E-state index is 0.104. The summed E-state index contributed by atoms with van der Waals surface area (Å²) in [5.74, 6) is -0.104. The van der Waals surface area contributed by atoms with Gasteiger partial charge in [-0.15, -0.1) is 11.3 Å². The second-order valence-electron chi connectivity index (χ2n) is 3.86. The Kier molecular flexibility index (Phi) is 3.19. The molecule has 4 nitrogen and oxygen atoms in total. The molecule has 0 aliphatic rings. The molecule has 0 aromatic carbocycles. The van der Waals surface area contributed by atoms with Crippen LogP contribution in [-0.4, -0.2) is 15.9 Å². The zero-order chi connectivity index (χ0) is 12.4. The van der Waals surface area contributed by atoms with Gasteiger partial charge in [-0.1, -0.05) is 0 Å². The predicted molar refractivity (Wildman–Crippen MR) is 69.1 cm³/mol. The number of thiazole rings is 1. The molecule has 2 rings (SSSR count). The Balaban J connectivity index is 2.33. The van der Waals surface area contributed by atoms with Crippen molar-refractivity contribution in [3.05, 3.63) is 28.9 Å². The van der Waals surface area contributed by atoms with Crippen LogP contribution in [0, 0.1) is 13.8 Å². The van der Waals surface area contributed by atoms with Crippen LogP contribution in [0.4, 0.5) is 5.13 Å². The Labute approximate surface area is 104 Å². The van der Waals surface area contributed by atoms with Crippen LogP contribution in [0.2, 0.25) is 0 Å². The third-order valence-electron chi connectivity index (χ3n) is 2.16. The van der Waals surface area contributed by atoms with E-state index >= 15 is 0 Å². The van der Waals surface area contributed by atoms with Crippen molar-refractivity contribution in [1.82, 2.24) is 9.97 Å². The van der Waals surface area contributed by atoms with Gasteiger partial charge in [0.15, 0.2) is 5.13 Å². The van der Waals surface area contributed by atoms with Crippen LogP contribution in [0.15, 0.2) is 17.5 Å². The topological polar surface area (TPSA) is 54.9 Å². The summed E-state index contributed by atoms with van der Waals surface area (Å²) in [6.07, 6.45) is 0. The van der Waals surface area contributed by atoms with Crippen molar-refractivity contribution in [1.29, 1.82) is 0 Å². The van der Waals surface area contributed by atoms with Gasteiger partial charge in [-0.3, -0.25) is 9.78 Å². The molecule has 0 unspecified atom stereocenters. The fraction of sp³-hybridized carbons (Fsp3) is 0.250. The molecule has 0 radical (unpaired) electrons. The Hall–Kier alpha value is -1.75. The van der Waals surface area contributed by atoms with E-state index < -0.39 is 0 Å². The molecule has 1 amide bonds. The molecule has 0 aliphatic carbocycles. The van der Waals surface area contributed by atoms with E-state index in [1.807, 2.05) is 31.4 Å². The summed E-state index contributed by atoms with van der Waals surface area (Å²) in [6.45, 7) is 5.39. The molecule has 88 valence electrons. The van der Waals surface area contributed by atoms with Crippen molar-refractivity contribution < 1.29 is 4.79 Å². The molecule has 0 bridgehead atoms. The standard InChI is InChI=1S/C12H13N3OS/c1-7-4-10(5-8(2)13-7)11-6-17-12(15-11)14-9(3)16/h4-6H,1-3H3,(H,14,15,16). The summed E-state index contributed by atoms with van der Waals surface area (Å²) in [7, 11) is 0. The van der Waals surface area contributed by atoms with Crippen molar-refractivity contribution in [3.63, 3.8) is 0 Å². The number of anilines is 1. The molecule has 17 heavy (non-hydrogen) atoms. The van der Waals surface area contributed by atoms with Crippen LogP contribution >= 0.6 is 11.3 Å². The van der Waals surface area contributed by atoms with Gasteiger partial charge >= 0.3 is 0 Å². The maximum atomic E-state index is 10.9. The van der Waals surface area contributed by atoms with E-state index in [4.69, 9.17) is 0 Å². The fourth-order valence-corrected chi connectivity index (χ4v) is 2.36. The van der Waals surface area contributed by atoms with Gasteiger partial charge in [0, 0.05) is 29.3 Å². The second-order valence-corrected chi connectivity index (χ2v) is 4.72. The van der Waals surface area contributed by atoms with E-state index in [1.165, 1.54) is 18.3 Å². The molecule has 5 heteroatoms. The number of aromatic nitrogens is 2. The van der Waals surface area contributed by atoms with Crippen LogP contribution in [0.25, 0.3) is 11.3 Å². The zero-order valence-electron chi connectivity index (χ0n) is 9.94. The zero-order valence-corrected chi connectivity index (χ0v) is 10.8. The van der Waals surface area contributed by atoms with Crippen LogP contribution in [0.3, 0.4) is 0 Å². The molecule has 0 aliphatic heterocycles. The monoisotopic (exact) mass is 247 g/mol. The van der Waals surface area contributed by atoms with Crippen molar-refractivity contribution in [2.75, 3.05) is 5.32 Å². The van der Waals surface area contributed by atoms with Crippen LogP contribution in [-0.2, 0) is 4.79 Å². The largest absolute Gasteiger partial charge is 0.302 e. The van der Waals surface area contributed by atoms with Gasteiger partial charge in [0.25, 0.3) is 0 Å². The molecular weight excluding hydrogens is 234 g/mol. The van der Waals surface area contributed by atoms with E-state index in [9.17, 15) is 4.79 Å². The second kappa shape index (κ2) is 4.63. The predicted octanol–water partition coefficient (Wildman–Crippen LogP) is 2.78. The highest BCUT2D eigenvalue weighted by atomic mass is 32.1. The number of amides is 1. The Morgan fingerprint density at radius 2 is 1.88 bits per heavy atom. The Bertz CT molecular complexity index is 542. The lowest BCUT2D eigenvalue weighted by Crippen LogP contribution is -2.04. The number of aryl methyl sites for hydroxylation is 2. The number of carbonyl (C=O) groups is 1. The highest BCUT2D eigenvalue weighted by molar-refractivity contribution is 7.14. The van der Waals surface area contributed by atoms with Gasteiger partial charge in [-0.05, 0) is 26.0 Å². The van der Waals surface area contributed by atoms with E-state index in [2.05, 4.69) is 15.3 Å². The Morgan fingerprint density at radius 3 is 2.47 bits per heavy atom. The summed E-state index contributed by atoms with van der Waals surface area (Å²) in [6, 6.07) is 3.97. The van der Waals surface area contributed by atoms with E-state index in [-0.39, 0.29) is 5.91 Å². The summed E-state index contributed by atoms with van der Waals surface area (Å²) in [5.41, 5.74) is 3.83. The Morgan fingerprint density at radius 1 is 1.24 bits per heavy atom. The number of carbonyl (C=O) groups excluding carboxylic acids is 1. The minimum Gasteiger partial charge on any atom is -0.302 e. The highest BCUT2D eigenvalue weighted by Gasteiger charge is 2.06. The summed E-state index contributed by atoms with van der Waals surface area (Å²) >= 11 is 1.42. The van der Waals surface area contributed by atoms with Crippen molar-refractivity contribution in [3.8, 4) is 11.3 Å². The lowest BCUT2D eigenvalue weighted by Gasteiger charge is -2.01. The van der Waals surface area contributed by atoms with Crippen molar-refractivity contribution >= 4 is 22.4 Å². The minimum atomic E-state index is -0.104. The number of hydrogen-bond acceptors (Lipinski definition) is 4. The van der Waals surface area contributed by atoms with Crippen molar-refractivity contribution in [2.24, 2.45) is 0 Å². The first-order valence-corrected chi connectivity index (χ1v) is 6.11. The summed E-state index contributed by atoms with van der Waals surface area (Å²) in [5, 5.41) is 5.23. The molecule has 0 fully saturated rings. The average molecular weight is 247 g/mol. The molecular formula is C12H13N3OS. The quantitative estimate of drug-likeness (QED) is 0.887. The molecule has 2 aromatic heterocycles. The van der Waals surface area contributed by atoms with Gasteiger partial charge < -0.3 is 5.32 Å². The van der Waals surface area contributed by atoms with E-state index in [1.54, 1.807) is 0 Å². The number of nitrogens with one attached hydrogen (secondary N) is 1. The van der Waals surface area contributed by atoms with Gasteiger partial charge in [0.05, 0.1) is 5.69 Å². The normalized spacial score (nSPS) is 10.3. The number of nitrogens with zero attached hydrogens (tertiary/aromatic N) is 2. The summed E-state index contributed by atoms with van der Waals surface area (Å²) in [4.78, 5) is 19.6. The average Bonchev–Trinajstić information content (AvgIpc) is 2.63. The van der Waals surface area contributed by atoms with Crippen LogP contribution < -0.4 is 5.32 Å². The maximum Gasteiger partial charge on any atom is 0.223 e. The lowest BCUT2D eigenvalue weighted by molar-refractivity contribution is -0.114. The smallest absolute Gasteiger partial charge is 0.223 e. The molecule has 2 aromatic rings. The number of hydrogen-bond donors (Lipinski definition) is 1. The van der Waals surface area contributed by atoms with Gasteiger partial charge in [-0.2, -0.15) is 0 Å². The van der Waals surface area contributed by atoms with Gasteiger partial charge in [-0.25, -0.2) is 4.98 Å². The molecule has 0 spiro atoms. The first-order valence-electron chi connectivity index (χ1n) is 5.23. The van der Waals surface area contributed by atoms with Crippen molar-refractivity contribution in [2.45, 2.75) is 20.8 Å². The maximum absolute atomic E-state index is 10.9. The molecule has 0 saturated carbocycles. The van der Waals surface area contributed by atoms with E-state index in [0.29, 0.717) is 5.13 Å². The van der Waals surface area contributed by atoms with E-state index in [0.717, 1.165) is 22.6 Å². The molecule has 1 N–H and O–H groups in total. The third kappa shape index (κ3) is 2.88. The third-order valence-corrected chi connectivity index (χ3v) is 2.92. The first-order chi connectivity index (χ1) is 8.04. The van der Waals surface area contributed by atoms with Crippen LogP contribution in [0.5, 0.6) is 0 Å². The number of rotatable bonds is 2.